The van der Waals surface area contributed by atoms with Gasteiger partial charge >= 0.3 is 0 Å². The molecule has 14 heavy (non-hydrogen) atoms. The van der Waals surface area contributed by atoms with E-state index in [1.54, 1.807) is 12.4 Å². The van der Waals surface area contributed by atoms with E-state index in [1.807, 2.05) is 23.7 Å². The summed E-state index contributed by atoms with van der Waals surface area (Å²) in [6.07, 6.45) is 3.49. The number of pyridine rings is 1. The van der Waals surface area contributed by atoms with Crippen molar-refractivity contribution in [3.63, 3.8) is 0 Å². The number of nitrogens with zero attached hydrogens (tertiary/aromatic N) is 3. The summed E-state index contributed by atoms with van der Waals surface area (Å²) in [4.78, 5) is 8.26. The molecule has 0 saturated heterocycles. The van der Waals surface area contributed by atoms with E-state index in [2.05, 4.69) is 15.1 Å². The third-order valence-corrected chi connectivity index (χ3v) is 2.24. The van der Waals surface area contributed by atoms with Crippen LogP contribution in [0.5, 0.6) is 0 Å². The van der Waals surface area contributed by atoms with E-state index < -0.39 is 0 Å². The van der Waals surface area contributed by atoms with E-state index >= 15 is 0 Å². The largest absolute Gasteiger partial charge is 0.279 e. The third kappa shape index (κ3) is 1.58. The van der Waals surface area contributed by atoms with Crippen molar-refractivity contribution in [2.24, 2.45) is 0 Å². The van der Waals surface area contributed by atoms with Crippen molar-refractivity contribution < 1.29 is 0 Å². The van der Waals surface area contributed by atoms with Crippen LogP contribution in [0.2, 0.25) is 0 Å². The number of nitrogens with one attached hydrogen (secondary N) is 1. The molecule has 0 aliphatic heterocycles. The van der Waals surface area contributed by atoms with Crippen LogP contribution < -0.4 is 0 Å². The molecule has 2 aromatic heterocycles. The maximum absolute atomic E-state index is 5.07. The topological polar surface area (TPSA) is 46.5 Å². The highest BCUT2D eigenvalue weighted by molar-refractivity contribution is 7.71. The molecule has 0 saturated carbocycles. The number of aromatic nitrogens is 4. The predicted octanol–water partition coefficient (Wildman–Crippen LogP) is 2.02. The zero-order valence-electron chi connectivity index (χ0n) is 7.77. The minimum absolute atomic E-state index is 0.575. The molecule has 1 N–H and O–H groups in total. The van der Waals surface area contributed by atoms with Gasteiger partial charge in [-0.2, -0.15) is 4.98 Å². The molecule has 4 nitrogen and oxygen atoms in total. The molecule has 0 radical (unpaired) electrons. The number of aryl methyl sites for hydroxylation is 1. The smallest absolute Gasteiger partial charge is 0.216 e. The van der Waals surface area contributed by atoms with Crippen LogP contribution in [0.4, 0.5) is 0 Å². The molecular formula is C9H10N4S. The van der Waals surface area contributed by atoms with Crippen molar-refractivity contribution >= 4 is 12.2 Å². The average Bonchev–Trinajstić information content (AvgIpc) is 2.61. The van der Waals surface area contributed by atoms with Gasteiger partial charge in [-0.3, -0.25) is 14.8 Å². The normalized spacial score (nSPS) is 10.4. The summed E-state index contributed by atoms with van der Waals surface area (Å²) >= 11 is 5.07. The van der Waals surface area contributed by atoms with Crippen molar-refractivity contribution in [1.29, 1.82) is 0 Å². The van der Waals surface area contributed by atoms with Gasteiger partial charge in [0.25, 0.3) is 0 Å². The molecule has 2 heterocycles. The van der Waals surface area contributed by atoms with Gasteiger partial charge in [-0.05, 0) is 31.3 Å². The first kappa shape index (κ1) is 9.08. The Morgan fingerprint density at radius 1 is 1.57 bits per heavy atom. The number of H-pyrrole nitrogens is 1. The zero-order valence-corrected chi connectivity index (χ0v) is 8.58. The van der Waals surface area contributed by atoms with Crippen molar-refractivity contribution in [3.05, 3.63) is 29.3 Å². The monoisotopic (exact) mass is 206 g/mol. The van der Waals surface area contributed by atoms with Gasteiger partial charge in [0, 0.05) is 24.5 Å². The summed E-state index contributed by atoms with van der Waals surface area (Å²) in [5.74, 6) is 0.768. The lowest BCUT2D eigenvalue weighted by molar-refractivity contribution is 0.650. The molecule has 2 aromatic rings. The Bertz CT molecular complexity index is 471. The maximum Gasteiger partial charge on any atom is 0.216 e. The van der Waals surface area contributed by atoms with Crippen molar-refractivity contribution in [2.45, 2.75) is 13.5 Å². The molecule has 0 amide bonds. The summed E-state index contributed by atoms with van der Waals surface area (Å²) < 4.78 is 2.39. The van der Waals surface area contributed by atoms with Crippen LogP contribution in [0, 0.1) is 4.77 Å². The Balaban J connectivity index is 2.48. The molecule has 0 spiro atoms. The molecule has 0 fully saturated rings. The first-order valence-electron chi connectivity index (χ1n) is 4.38. The van der Waals surface area contributed by atoms with Gasteiger partial charge in [-0.15, -0.1) is 0 Å². The summed E-state index contributed by atoms with van der Waals surface area (Å²) in [6, 6.07) is 3.82. The molecule has 5 heteroatoms. The van der Waals surface area contributed by atoms with Gasteiger partial charge in [0.05, 0.1) is 0 Å². The third-order valence-electron chi connectivity index (χ3n) is 1.93. The fraction of sp³-hybridized carbons (Fsp3) is 0.222. The Morgan fingerprint density at radius 3 is 3.00 bits per heavy atom. The highest BCUT2D eigenvalue weighted by Gasteiger charge is 2.02. The van der Waals surface area contributed by atoms with E-state index in [0.29, 0.717) is 4.77 Å². The minimum atomic E-state index is 0.575. The van der Waals surface area contributed by atoms with Crippen LogP contribution in [0.1, 0.15) is 6.92 Å². The molecule has 0 aliphatic rings. The molecule has 0 aliphatic carbocycles. The highest BCUT2D eigenvalue weighted by Crippen LogP contribution is 2.11. The summed E-state index contributed by atoms with van der Waals surface area (Å²) in [5, 5.41) is 3.11. The van der Waals surface area contributed by atoms with Gasteiger partial charge in [-0.1, -0.05) is 0 Å². The van der Waals surface area contributed by atoms with E-state index in [0.717, 1.165) is 17.9 Å². The summed E-state index contributed by atoms with van der Waals surface area (Å²) in [6.45, 7) is 2.81. The van der Waals surface area contributed by atoms with E-state index in [4.69, 9.17) is 12.2 Å². The lowest BCUT2D eigenvalue weighted by Gasteiger charge is -1.95. The van der Waals surface area contributed by atoms with Gasteiger partial charge in [0.2, 0.25) is 4.77 Å². The fourth-order valence-corrected chi connectivity index (χ4v) is 1.47. The molecule has 72 valence electrons. The van der Waals surface area contributed by atoms with Crippen LogP contribution in [0.25, 0.3) is 11.4 Å². The Hall–Kier alpha value is -1.49. The number of hydrogen-bond acceptors (Lipinski definition) is 3. The van der Waals surface area contributed by atoms with E-state index in [-0.39, 0.29) is 0 Å². The summed E-state index contributed by atoms with van der Waals surface area (Å²) in [5.41, 5.74) is 0.950. The summed E-state index contributed by atoms with van der Waals surface area (Å²) in [7, 11) is 0. The lowest BCUT2D eigenvalue weighted by Crippen LogP contribution is -1.95. The fourth-order valence-electron chi connectivity index (χ4n) is 1.20. The maximum atomic E-state index is 5.07. The second-order valence-electron chi connectivity index (χ2n) is 2.84. The number of aromatic amines is 1. The Morgan fingerprint density at radius 2 is 2.43 bits per heavy atom. The highest BCUT2D eigenvalue weighted by atomic mass is 32.1. The molecule has 0 unspecified atom stereocenters. The van der Waals surface area contributed by atoms with Gasteiger partial charge < -0.3 is 0 Å². The number of rotatable bonds is 2. The first-order valence-corrected chi connectivity index (χ1v) is 4.79. The van der Waals surface area contributed by atoms with Crippen LogP contribution in [-0.4, -0.2) is 19.7 Å². The SMILES string of the molecule is CCn1[nH]c(-c2cccnc2)nc1=S. The van der Waals surface area contributed by atoms with E-state index in [1.165, 1.54) is 0 Å². The second kappa shape index (κ2) is 3.71. The zero-order chi connectivity index (χ0) is 9.97. The molecular weight excluding hydrogens is 196 g/mol. The van der Waals surface area contributed by atoms with Gasteiger partial charge in [-0.25, -0.2) is 0 Å². The minimum Gasteiger partial charge on any atom is -0.279 e. The predicted molar refractivity (Wildman–Crippen MR) is 56.3 cm³/mol. The lowest BCUT2D eigenvalue weighted by atomic mass is 10.3. The average molecular weight is 206 g/mol. The van der Waals surface area contributed by atoms with Crippen LogP contribution in [0.15, 0.2) is 24.5 Å². The standard InChI is InChI=1S/C9H10N4S/c1-2-13-9(14)11-8(12-13)7-4-3-5-10-6-7/h3-6H,2H2,1H3,(H,11,12,14). The number of hydrogen-bond donors (Lipinski definition) is 1. The Kier molecular flexibility index (Phi) is 2.41. The molecule has 2 rings (SSSR count). The molecule has 0 atom stereocenters. The van der Waals surface area contributed by atoms with Crippen molar-refractivity contribution in [3.8, 4) is 11.4 Å². The van der Waals surface area contributed by atoms with Crippen LogP contribution in [0.3, 0.4) is 0 Å². The Labute approximate surface area is 86.6 Å². The quantitative estimate of drug-likeness (QED) is 0.765. The van der Waals surface area contributed by atoms with Gasteiger partial charge in [0.15, 0.2) is 5.82 Å². The second-order valence-corrected chi connectivity index (χ2v) is 3.21. The van der Waals surface area contributed by atoms with E-state index in [9.17, 15) is 0 Å². The van der Waals surface area contributed by atoms with Crippen LogP contribution in [-0.2, 0) is 6.54 Å². The molecule has 0 bridgehead atoms. The van der Waals surface area contributed by atoms with Crippen LogP contribution >= 0.6 is 12.2 Å². The van der Waals surface area contributed by atoms with Crippen molar-refractivity contribution in [2.75, 3.05) is 0 Å². The van der Waals surface area contributed by atoms with Crippen molar-refractivity contribution in [1.82, 2.24) is 19.7 Å². The van der Waals surface area contributed by atoms with Gasteiger partial charge in [0.1, 0.15) is 0 Å². The molecule has 0 aromatic carbocycles. The first-order chi connectivity index (χ1) is 6.81.